The fourth-order valence-corrected chi connectivity index (χ4v) is 3.21. The number of hydrogen-bond acceptors (Lipinski definition) is 7. The van der Waals surface area contributed by atoms with E-state index in [4.69, 9.17) is 8.83 Å². The second-order valence-electron chi connectivity index (χ2n) is 6.70. The van der Waals surface area contributed by atoms with Crippen molar-refractivity contribution >= 4 is 23.5 Å². The van der Waals surface area contributed by atoms with E-state index in [1.54, 1.807) is 23.1 Å². The van der Waals surface area contributed by atoms with E-state index in [1.165, 1.54) is 31.0 Å². The maximum atomic E-state index is 12.7. The van der Waals surface area contributed by atoms with Crippen molar-refractivity contribution in [2.45, 2.75) is 18.9 Å². The number of carbonyl (C=O) groups is 3. The Morgan fingerprint density at radius 3 is 2.27 bits per heavy atom. The lowest BCUT2D eigenvalue weighted by atomic mass is 10.0. The molecule has 0 spiro atoms. The van der Waals surface area contributed by atoms with Crippen LogP contribution in [0.5, 0.6) is 0 Å². The zero-order chi connectivity index (χ0) is 20.9. The summed E-state index contributed by atoms with van der Waals surface area (Å²) in [5.74, 6) is -0.703. The molecule has 0 saturated carbocycles. The molecule has 0 atom stereocenters. The summed E-state index contributed by atoms with van der Waals surface area (Å²) in [6, 6.07) is 6.26. The summed E-state index contributed by atoms with van der Waals surface area (Å²) >= 11 is 0. The molecule has 4 heterocycles. The molecule has 10 nitrogen and oxygen atoms in total. The van der Waals surface area contributed by atoms with Gasteiger partial charge in [0.1, 0.15) is 0 Å². The molecule has 0 aliphatic carbocycles. The van der Waals surface area contributed by atoms with Crippen LogP contribution in [0.25, 0.3) is 0 Å². The standard InChI is InChI=1S/C20H19N5O5/c26-18(14-3-1-11-29-14)24-17-16(21-7-8-22-17)19(27)23-13-5-9-25(10-6-13)20(28)15-4-2-12-30-15/h1-4,7-8,11-13H,5-6,9-10H2,(H,23,27)(H,22,24,26). The van der Waals surface area contributed by atoms with Gasteiger partial charge >= 0.3 is 0 Å². The third-order valence-electron chi connectivity index (χ3n) is 4.74. The van der Waals surface area contributed by atoms with Gasteiger partial charge in [-0.1, -0.05) is 0 Å². The van der Waals surface area contributed by atoms with E-state index in [9.17, 15) is 14.4 Å². The van der Waals surface area contributed by atoms with Crippen LogP contribution in [0.1, 0.15) is 44.4 Å². The number of anilines is 1. The first-order chi connectivity index (χ1) is 14.6. The molecule has 0 radical (unpaired) electrons. The van der Waals surface area contributed by atoms with Crippen LogP contribution < -0.4 is 10.6 Å². The van der Waals surface area contributed by atoms with Crippen molar-refractivity contribution in [1.29, 1.82) is 0 Å². The van der Waals surface area contributed by atoms with E-state index < -0.39 is 11.8 Å². The molecular weight excluding hydrogens is 390 g/mol. The topological polar surface area (TPSA) is 131 Å². The molecule has 2 N–H and O–H groups in total. The average Bonchev–Trinajstić information content (AvgIpc) is 3.48. The summed E-state index contributed by atoms with van der Waals surface area (Å²) in [5.41, 5.74) is 0.00602. The number of likely N-dealkylation sites (tertiary alicyclic amines) is 1. The van der Waals surface area contributed by atoms with Crippen molar-refractivity contribution in [3.05, 3.63) is 66.4 Å². The van der Waals surface area contributed by atoms with Gasteiger partial charge in [-0.05, 0) is 37.1 Å². The minimum atomic E-state index is -0.528. The number of carbonyl (C=O) groups excluding carboxylic acids is 3. The highest BCUT2D eigenvalue weighted by Crippen LogP contribution is 2.16. The number of nitrogens with one attached hydrogen (secondary N) is 2. The average molecular weight is 409 g/mol. The first-order valence-electron chi connectivity index (χ1n) is 9.41. The zero-order valence-corrected chi connectivity index (χ0v) is 15.9. The van der Waals surface area contributed by atoms with Gasteiger partial charge in [0.25, 0.3) is 17.7 Å². The first kappa shape index (κ1) is 19.4. The Morgan fingerprint density at radius 2 is 1.60 bits per heavy atom. The summed E-state index contributed by atoms with van der Waals surface area (Å²) < 4.78 is 10.2. The van der Waals surface area contributed by atoms with Crippen LogP contribution in [0.4, 0.5) is 5.82 Å². The highest BCUT2D eigenvalue weighted by molar-refractivity contribution is 6.06. The maximum absolute atomic E-state index is 12.7. The van der Waals surface area contributed by atoms with E-state index in [0.29, 0.717) is 31.7 Å². The van der Waals surface area contributed by atoms with Crippen molar-refractivity contribution in [2.75, 3.05) is 18.4 Å². The van der Waals surface area contributed by atoms with Gasteiger partial charge in [0.15, 0.2) is 23.0 Å². The molecule has 154 valence electrons. The molecule has 3 amide bonds. The second-order valence-corrected chi connectivity index (χ2v) is 6.70. The third kappa shape index (κ3) is 4.22. The highest BCUT2D eigenvalue weighted by atomic mass is 16.3. The molecular formula is C20H19N5O5. The molecule has 0 unspecified atom stereocenters. The lowest BCUT2D eigenvalue weighted by Gasteiger charge is -2.31. The number of rotatable bonds is 5. The first-order valence-corrected chi connectivity index (χ1v) is 9.41. The number of hydrogen-bond donors (Lipinski definition) is 2. The number of aromatic nitrogens is 2. The second kappa shape index (κ2) is 8.60. The Bertz CT molecular complexity index is 1020. The maximum Gasteiger partial charge on any atom is 0.292 e. The van der Waals surface area contributed by atoms with Gasteiger partial charge in [-0.3, -0.25) is 14.4 Å². The van der Waals surface area contributed by atoms with Crippen molar-refractivity contribution in [3.63, 3.8) is 0 Å². The van der Waals surface area contributed by atoms with Crippen LogP contribution in [-0.2, 0) is 0 Å². The van der Waals surface area contributed by atoms with Gasteiger partial charge in [0.05, 0.1) is 12.5 Å². The summed E-state index contributed by atoms with van der Waals surface area (Å²) in [6.07, 6.45) is 6.78. The minimum absolute atomic E-state index is 0.00602. The molecule has 3 aromatic rings. The summed E-state index contributed by atoms with van der Waals surface area (Å²) in [5, 5.41) is 5.44. The molecule has 1 aliphatic rings. The van der Waals surface area contributed by atoms with E-state index in [-0.39, 0.29) is 29.2 Å². The van der Waals surface area contributed by atoms with Crippen LogP contribution in [0.15, 0.2) is 58.0 Å². The summed E-state index contributed by atoms with van der Waals surface area (Å²) in [7, 11) is 0. The predicted molar refractivity (Wildman–Crippen MR) is 104 cm³/mol. The van der Waals surface area contributed by atoms with E-state index in [2.05, 4.69) is 20.6 Å². The Hall–Kier alpha value is -3.95. The Morgan fingerprint density at radius 1 is 0.933 bits per heavy atom. The molecule has 1 saturated heterocycles. The number of piperidine rings is 1. The predicted octanol–water partition coefficient (Wildman–Crippen LogP) is 1.95. The van der Waals surface area contributed by atoms with Gasteiger partial charge in [0, 0.05) is 31.5 Å². The normalized spacial score (nSPS) is 14.3. The van der Waals surface area contributed by atoms with Crippen molar-refractivity contribution in [1.82, 2.24) is 20.2 Å². The fourth-order valence-electron chi connectivity index (χ4n) is 3.21. The fraction of sp³-hybridized carbons (Fsp3) is 0.250. The highest BCUT2D eigenvalue weighted by Gasteiger charge is 2.27. The molecule has 3 aromatic heterocycles. The molecule has 0 bridgehead atoms. The van der Waals surface area contributed by atoms with Crippen LogP contribution >= 0.6 is 0 Å². The van der Waals surface area contributed by atoms with Gasteiger partial charge in [0.2, 0.25) is 0 Å². The van der Waals surface area contributed by atoms with Gasteiger partial charge in [-0.15, -0.1) is 0 Å². The van der Waals surface area contributed by atoms with Crippen LogP contribution in [-0.4, -0.2) is 51.7 Å². The monoisotopic (exact) mass is 409 g/mol. The SMILES string of the molecule is O=C(Nc1nccnc1C(=O)NC1CCN(C(=O)c2ccco2)CC1)c1ccco1. The van der Waals surface area contributed by atoms with Gasteiger partial charge < -0.3 is 24.4 Å². The molecule has 4 rings (SSSR count). The largest absolute Gasteiger partial charge is 0.459 e. The van der Waals surface area contributed by atoms with Crippen LogP contribution in [0.3, 0.4) is 0 Å². The Kier molecular flexibility index (Phi) is 5.55. The minimum Gasteiger partial charge on any atom is -0.459 e. The molecule has 1 aliphatic heterocycles. The van der Waals surface area contributed by atoms with Crippen LogP contribution in [0.2, 0.25) is 0 Å². The van der Waals surface area contributed by atoms with Gasteiger partial charge in [-0.2, -0.15) is 0 Å². The molecule has 1 fully saturated rings. The lowest BCUT2D eigenvalue weighted by molar-refractivity contribution is 0.0667. The Balaban J connectivity index is 1.36. The molecule has 0 aromatic carbocycles. The third-order valence-corrected chi connectivity index (χ3v) is 4.74. The number of furan rings is 2. The zero-order valence-electron chi connectivity index (χ0n) is 15.9. The van der Waals surface area contributed by atoms with E-state index >= 15 is 0 Å². The number of amides is 3. The molecule has 10 heteroatoms. The van der Waals surface area contributed by atoms with Crippen molar-refractivity contribution in [3.8, 4) is 0 Å². The van der Waals surface area contributed by atoms with Crippen molar-refractivity contribution in [2.24, 2.45) is 0 Å². The smallest absolute Gasteiger partial charge is 0.292 e. The quantitative estimate of drug-likeness (QED) is 0.658. The molecule has 30 heavy (non-hydrogen) atoms. The van der Waals surface area contributed by atoms with E-state index in [0.717, 1.165) is 0 Å². The summed E-state index contributed by atoms with van der Waals surface area (Å²) in [4.78, 5) is 47.0. The van der Waals surface area contributed by atoms with E-state index in [1.807, 2.05) is 0 Å². The van der Waals surface area contributed by atoms with Gasteiger partial charge in [-0.25, -0.2) is 9.97 Å². The summed E-state index contributed by atoms with van der Waals surface area (Å²) in [6.45, 7) is 0.986. The van der Waals surface area contributed by atoms with Crippen LogP contribution in [0, 0.1) is 0 Å². The number of nitrogens with zero attached hydrogens (tertiary/aromatic N) is 3. The lowest BCUT2D eigenvalue weighted by Crippen LogP contribution is -2.46. The van der Waals surface area contributed by atoms with Crippen molar-refractivity contribution < 1.29 is 23.2 Å². The Labute approximate surface area is 171 Å².